The first-order valence-electron chi connectivity index (χ1n) is 8.90. The maximum atomic E-state index is 13.4. The topological polar surface area (TPSA) is 121 Å². The Balaban J connectivity index is 1.26. The average molecular weight is 381 g/mol. The van der Waals surface area contributed by atoms with E-state index in [0.717, 1.165) is 24.2 Å². The van der Waals surface area contributed by atoms with Crippen molar-refractivity contribution in [2.45, 2.75) is 18.8 Å². The van der Waals surface area contributed by atoms with Crippen LogP contribution in [0.4, 0.5) is 4.39 Å². The summed E-state index contributed by atoms with van der Waals surface area (Å²) >= 11 is 0. The highest BCUT2D eigenvalue weighted by atomic mass is 19.1. The largest absolute Gasteiger partial charge is 0.342 e. The van der Waals surface area contributed by atoms with Crippen molar-refractivity contribution in [1.82, 2.24) is 45.3 Å². The molecule has 0 aliphatic carbocycles. The lowest BCUT2D eigenvalue weighted by Crippen LogP contribution is -2.38. The first kappa shape index (κ1) is 16.5. The van der Waals surface area contributed by atoms with E-state index in [-0.39, 0.29) is 17.6 Å². The molecule has 0 radical (unpaired) electrons. The van der Waals surface area contributed by atoms with E-state index < -0.39 is 0 Å². The SMILES string of the molecule is O=C(c1cc(-n2cnnn2)n[nH]1)N1CCC(c2nc3ccc(F)cc3[nH]2)CC1. The van der Waals surface area contributed by atoms with E-state index >= 15 is 0 Å². The second-order valence-electron chi connectivity index (χ2n) is 6.74. The molecule has 10 nitrogen and oxygen atoms in total. The number of hydrogen-bond acceptors (Lipinski definition) is 6. The van der Waals surface area contributed by atoms with Crippen LogP contribution >= 0.6 is 0 Å². The number of amides is 1. The quantitative estimate of drug-likeness (QED) is 0.554. The molecule has 142 valence electrons. The number of H-pyrrole nitrogens is 2. The minimum Gasteiger partial charge on any atom is -0.342 e. The molecule has 1 aliphatic heterocycles. The van der Waals surface area contributed by atoms with Crippen LogP contribution < -0.4 is 0 Å². The van der Waals surface area contributed by atoms with Gasteiger partial charge in [-0.2, -0.15) is 9.78 Å². The third kappa shape index (κ3) is 2.90. The average Bonchev–Trinajstić information content (AvgIpc) is 3.46. The third-order valence-corrected chi connectivity index (χ3v) is 5.01. The summed E-state index contributed by atoms with van der Waals surface area (Å²) in [6.45, 7) is 1.21. The van der Waals surface area contributed by atoms with E-state index in [0.29, 0.717) is 30.1 Å². The van der Waals surface area contributed by atoms with Gasteiger partial charge in [-0.1, -0.05) is 0 Å². The van der Waals surface area contributed by atoms with Gasteiger partial charge in [0.2, 0.25) is 0 Å². The van der Waals surface area contributed by atoms with Crippen molar-refractivity contribution in [1.29, 1.82) is 0 Å². The summed E-state index contributed by atoms with van der Waals surface area (Å²) < 4.78 is 14.7. The zero-order valence-electron chi connectivity index (χ0n) is 14.7. The van der Waals surface area contributed by atoms with Gasteiger partial charge in [-0.05, 0) is 41.5 Å². The summed E-state index contributed by atoms with van der Waals surface area (Å²) in [5.41, 5.74) is 1.84. The van der Waals surface area contributed by atoms with Gasteiger partial charge in [-0.3, -0.25) is 9.89 Å². The van der Waals surface area contributed by atoms with E-state index in [1.807, 2.05) is 0 Å². The Kier molecular flexibility index (Phi) is 3.85. The van der Waals surface area contributed by atoms with Crippen molar-refractivity contribution < 1.29 is 9.18 Å². The monoisotopic (exact) mass is 381 g/mol. The van der Waals surface area contributed by atoms with Gasteiger partial charge in [0.15, 0.2) is 5.82 Å². The molecule has 0 bridgehead atoms. The maximum Gasteiger partial charge on any atom is 0.271 e. The van der Waals surface area contributed by atoms with Crippen LogP contribution in [0, 0.1) is 5.82 Å². The van der Waals surface area contributed by atoms with Crippen LogP contribution in [0.1, 0.15) is 35.1 Å². The third-order valence-electron chi connectivity index (χ3n) is 5.01. The molecule has 0 saturated carbocycles. The Morgan fingerprint density at radius 3 is 2.86 bits per heavy atom. The van der Waals surface area contributed by atoms with Gasteiger partial charge in [0.25, 0.3) is 5.91 Å². The molecule has 0 atom stereocenters. The molecule has 2 N–H and O–H groups in total. The number of rotatable bonds is 3. The van der Waals surface area contributed by atoms with Crippen molar-refractivity contribution in [3.05, 3.63) is 47.9 Å². The van der Waals surface area contributed by atoms with Gasteiger partial charge < -0.3 is 9.88 Å². The van der Waals surface area contributed by atoms with Crippen molar-refractivity contribution in [3.63, 3.8) is 0 Å². The number of aromatic amines is 2. The number of benzene rings is 1. The second-order valence-corrected chi connectivity index (χ2v) is 6.74. The Labute approximate surface area is 157 Å². The molecular weight excluding hydrogens is 365 g/mol. The number of aromatic nitrogens is 8. The summed E-state index contributed by atoms with van der Waals surface area (Å²) in [4.78, 5) is 22.3. The number of likely N-dealkylation sites (tertiary alicyclic amines) is 1. The number of tetrazole rings is 1. The van der Waals surface area contributed by atoms with Crippen LogP contribution in [0.15, 0.2) is 30.6 Å². The van der Waals surface area contributed by atoms with E-state index in [9.17, 15) is 9.18 Å². The van der Waals surface area contributed by atoms with Crippen LogP contribution in [-0.2, 0) is 0 Å². The molecule has 4 heterocycles. The number of carbonyl (C=O) groups excluding carboxylic acids is 1. The molecule has 3 aromatic heterocycles. The summed E-state index contributed by atoms with van der Waals surface area (Å²) in [7, 11) is 0. The van der Waals surface area contributed by atoms with Gasteiger partial charge in [-0.25, -0.2) is 9.37 Å². The highest BCUT2D eigenvalue weighted by Gasteiger charge is 2.27. The van der Waals surface area contributed by atoms with E-state index in [1.54, 1.807) is 17.0 Å². The minimum atomic E-state index is -0.288. The number of nitrogens with zero attached hydrogens (tertiary/aromatic N) is 7. The van der Waals surface area contributed by atoms with Crippen molar-refractivity contribution in [3.8, 4) is 5.82 Å². The number of piperidine rings is 1. The summed E-state index contributed by atoms with van der Waals surface area (Å²) in [6, 6.07) is 6.15. The normalized spacial score (nSPS) is 15.4. The number of nitrogens with one attached hydrogen (secondary N) is 2. The molecule has 4 aromatic rings. The van der Waals surface area contributed by atoms with Crippen molar-refractivity contribution >= 4 is 16.9 Å². The standard InChI is InChI=1S/C17H16FN9O/c18-11-1-2-12-13(7-11)21-16(20-12)10-3-5-26(6-4-10)17(28)14-8-15(23-22-14)27-9-19-24-25-27/h1-2,7-10H,3-6H2,(H,20,21)(H,22,23). The molecule has 11 heteroatoms. The Morgan fingerprint density at radius 1 is 1.21 bits per heavy atom. The van der Waals surface area contributed by atoms with Gasteiger partial charge in [0.05, 0.1) is 11.0 Å². The smallest absolute Gasteiger partial charge is 0.271 e. The molecule has 5 rings (SSSR count). The van der Waals surface area contributed by atoms with E-state index in [2.05, 4.69) is 35.7 Å². The number of carbonyl (C=O) groups is 1. The lowest BCUT2D eigenvalue weighted by molar-refractivity contribution is 0.0705. The predicted molar refractivity (Wildman–Crippen MR) is 95.2 cm³/mol. The molecule has 1 aromatic carbocycles. The molecule has 1 aliphatic rings. The lowest BCUT2D eigenvalue weighted by Gasteiger charge is -2.30. The summed E-state index contributed by atoms with van der Waals surface area (Å²) in [5.74, 6) is 1.10. The number of imidazole rings is 1. The fourth-order valence-electron chi connectivity index (χ4n) is 3.53. The zero-order valence-corrected chi connectivity index (χ0v) is 14.7. The van der Waals surface area contributed by atoms with Crippen molar-refractivity contribution in [2.75, 3.05) is 13.1 Å². The first-order valence-corrected chi connectivity index (χ1v) is 8.90. The fraction of sp³-hybridized carbons (Fsp3) is 0.294. The molecule has 0 unspecified atom stereocenters. The molecule has 0 spiro atoms. The zero-order chi connectivity index (χ0) is 19.1. The lowest BCUT2D eigenvalue weighted by atomic mass is 9.96. The minimum absolute atomic E-state index is 0.114. The molecule has 28 heavy (non-hydrogen) atoms. The number of halogens is 1. The highest BCUT2D eigenvalue weighted by Crippen LogP contribution is 2.28. The number of fused-ring (bicyclic) bond motifs is 1. The summed E-state index contributed by atoms with van der Waals surface area (Å²) in [6.07, 6.45) is 2.97. The number of hydrogen-bond donors (Lipinski definition) is 2. The fourth-order valence-corrected chi connectivity index (χ4v) is 3.53. The second kappa shape index (κ2) is 6.51. The van der Waals surface area contributed by atoms with Crippen molar-refractivity contribution in [2.24, 2.45) is 0 Å². The molecular formula is C17H16FN9O. The van der Waals surface area contributed by atoms with Gasteiger partial charge in [0, 0.05) is 25.1 Å². The maximum absolute atomic E-state index is 13.4. The Hall–Kier alpha value is -3.63. The van der Waals surface area contributed by atoms with E-state index in [1.165, 1.54) is 23.1 Å². The van der Waals surface area contributed by atoms with Crippen LogP contribution in [0.2, 0.25) is 0 Å². The van der Waals surface area contributed by atoms with Gasteiger partial charge in [0.1, 0.15) is 23.7 Å². The molecule has 1 saturated heterocycles. The van der Waals surface area contributed by atoms with Crippen LogP contribution in [0.3, 0.4) is 0 Å². The molecule has 1 fully saturated rings. The molecule has 1 amide bonds. The summed E-state index contributed by atoms with van der Waals surface area (Å²) in [5, 5.41) is 17.7. The van der Waals surface area contributed by atoms with Crippen LogP contribution in [0.5, 0.6) is 0 Å². The highest BCUT2D eigenvalue weighted by molar-refractivity contribution is 5.92. The first-order chi connectivity index (χ1) is 13.7. The van der Waals surface area contributed by atoms with Crippen LogP contribution in [-0.4, -0.2) is 64.3 Å². The van der Waals surface area contributed by atoms with Gasteiger partial charge >= 0.3 is 0 Å². The Bertz CT molecular complexity index is 1120. The predicted octanol–water partition coefficient (Wildman–Crippen LogP) is 1.42. The van der Waals surface area contributed by atoms with Crippen LogP contribution in [0.25, 0.3) is 16.9 Å². The Morgan fingerprint density at radius 2 is 2.07 bits per heavy atom. The van der Waals surface area contributed by atoms with E-state index in [4.69, 9.17) is 0 Å². The van der Waals surface area contributed by atoms with Gasteiger partial charge in [-0.15, -0.1) is 5.10 Å².